The third-order valence-electron chi connectivity index (χ3n) is 3.89. The Morgan fingerprint density at radius 1 is 1.00 bits per heavy atom. The van der Waals surface area contributed by atoms with Gasteiger partial charge >= 0.3 is 5.63 Å². The Morgan fingerprint density at radius 3 is 2.46 bits per heavy atom. The van der Waals surface area contributed by atoms with E-state index in [4.69, 9.17) is 13.9 Å². The maximum absolute atomic E-state index is 11.7. The van der Waals surface area contributed by atoms with Gasteiger partial charge in [-0.3, -0.25) is 0 Å². The average molecular weight is 324 g/mol. The quantitative estimate of drug-likeness (QED) is 0.633. The first-order chi connectivity index (χ1) is 11.7. The van der Waals surface area contributed by atoms with Crippen LogP contribution in [-0.4, -0.2) is 7.11 Å². The minimum atomic E-state index is -0.321. The van der Waals surface area contributed by atoms with Crippen molar-refractivity contribution in [3.63, 3.8) is 0 Å². The van der Waals surface area contributed by atoms with Crippen LogP contribution in [0.5, 0.6) is 11.5 Å². The molecule has 0 saturated heterocycles. The molecule has 0 aliphatic rings. The second-order valence-corrected chi connectivity index (χ2v) is 5.64. The zero-order valence-corrected chi connectivity index (χ0v) is 13.9. The molecule has 4 heteroatoms. The smallest absolute Gasteiger partial charge is 0.336 e. The lowest BCUT2D eigenvalue weighted by molar-refractivity contribution is 0.306. The third kappa shape index (κ3) is 3.59. The molecule has 0 fully saturated rings. The van der Waals surface area contributed by atoms with Gasteiger partial charge in [-0.2, -0.15) is 0 Å². The molecule has 0 saturated carbocycles. The normalized spacial score (nSPS) is 10.8. The number of benzene rings is 2. The van der Waals surface area contributed by atoms with Crippen LogP contribution in [0.4, 0.5) is 0 Å². The molecule has 0 bridgehead atoms. The van der Waals surface area contributed by atoms with E-state index in [9.17, 15) is 4.79 Å². The molecule has 0 N–H and O–H groups in total. The summed E-state index contributed by atoms with van der Waals surface area (Å²) in [5, 5.41) is 0.966. The molecule has 4 nitrogen and oxygen atoms in total. The fourth-order valence-electron chi connectivity index (χ4n) is 2.66. The van der Waals surface area contributed by atoms with Crippen LogP contribution in [0.2, 0.25) is 0 Å². The van der Waals surface area contributed by atoms with Gasteiger partial charge in [0.05, 0.1) is 7.11 Å². The molecule has 3 rings (SSSR count). The lowest BCUT2D eigenvalue weighted by atomic mass is 10.1. The molecule has 0 radical (unpaired) electrons. The van der Waals surface area contributed by atoms with Crippen LogP contribution in [-0.2, 0) is 13.0 Å². The summed E-state index contributed by atoms with van der Waals surface area (Å²) in [6, 6.07) is 14.9. The number of fused-ring (bicyclic) bond motifs is 1. The summed E-state index contributed by atoms with van der Waals surface area (Å²) in [5.74, 6) is 1.49. The van der Waals surface area contributed by atoms with Gasteiger partial charge in [0.25, 0.3) is 0 Å². The molecule has 24 heavy (non-hydrogen) atoms. The van der Waals surface area contributed by atoms with Crippen molar-refractivity contribution < 1.29 is 13.9 Å². The Hall–Kier alpha value is -2.75. The number of ether oxygens (including phenoxy) is 2. The summed E-state index contributed by atoms with van der Waals surface area (Å²) < 4.78 is 16.3. The molecule has 0 amide bonds. The maximum atomic E-state index is 11.7. The Kier molecular flexibility index (Phi) is 4.85. The first kappa shape index (κ1) is 16.1. The summed E-state index contributed by atoms with van der Waals surface area (Å²) in [7, 11) is 1.64. The van der Waals surface area contributed by atoms with Crippen molar-refractivity contribution in [2.75, 3.05) is 7.11 Å². The zero-order valence-electron chi connectivity index (χ0n) is 13.9. The topological polar surface area (TPSA) is 48.7 Å². The van der Waals surface area contributed by atoms with Gasteiger partial charge in [0, 0.05) is 17.5 Å². The number of hydrogen-bond acceptors (Lipinski definition) is 4. The van der Waals surface area contributed by atoms with Gasteiger partial charge < -0.3 is 13.9 Å². The predicted molar refractivity (Wildman–Crippen MR) is 93.8 cm³/mol. The first-order valence-corrected chi connectivity index (χ1v) is 8.02. The number of rotatable bonds is 6. The highest BCUT2D eigenvalue weighted by atomic mass is 16.5. The Morgan fingerprint density at radius 2 is 1.75 bits per heavy atom. The fourth-order valence-corrected chi connectivity index (χ4v) is 2.66. The van der Waals surface area contributed by atoms with Gasteiger partial charge in [-0.05, 0) is 41.8 Å². The molecule has 2 aromatic carbocycles. The van der Waals surface area contributed by atoms with E-state index in [0.29, 0.717) is 17.9 Å². The number of hydrogen-bond donors (Lipinski definition) is 0. The minimum absolute atomic E-state index is 0.321. The lowest BCUT2D eigenvalue weighted by Crippen LogP contribution is -2.01. The van der Waals surface area contributed by atoms with E-state index in [2.05, 4.69) is 6.92 Å². The van der Waals surface area contributed by atoms with Gasteiger partial charge in [-0.1, -0.05) is 25.5 Å². The van der Waals surface area contributed by atoms with E-state index in [-0.39, 0.29) is 5.63 Å². The standard InChI is InChI=1S/C20H20O4/c1-3-4-15-11-20(21)24-19-12-17(9-10-18(15)19)23-13-14-5-7-16(22-2)8-6-14/h5-12H,3-4,13H2,1-2H3. The van der Waals surface area contributed by atoms with Crippen LogP contribution in [0.3, 0.4) is 0 Å². The molecule has 124 valence electrons. The van der Waals surface area contributed by atoms with Gasteiger partial charge in [0.2, 0.25) is 0 Å². The van der Waals surface area contributed by atoms with Crippen LogP contribution in [0.15, 0.2) is 57.7 Å². The maximum Gasteiger partial charge on any atom is 0.336 e. The molecule has 1 heterocycles. The molecule has 1 aromatic heterocycles. The van der Waals surface area contributed by atoms with Crippen molar-refractivity contribution in [1.82, 2.24) is 0 Å². The predicted octanol–water partition coefficient (Wildman–Crippen LogP) is 4.33. The molecule has 0 unspecified atom stereocenters. The van der Waals surface area contributed by atoms with Crippen LogP contribution in [0.25, 0.3) is 11.0 Å². The Balaban J connectivity index is 1.81. The summed E-state index contributed by atoms with van der Waals surface area (Å²) in [4.78, 5) is 11.7. The van der Waals surface area contributed by atoms with Crippen molar-refractivity contribution in [3.8, 4) is 11.5 Å². The SMILES string of the molecule is CCCc1cc(=O)oc2cc(OCc3ccc(OC)cc3)ccc12. The van der Waals surface area contributed by atoms with Crippen molar-refractivity contribution in [2.24, 2.45) is 0 Å². The highest BCUT2D eigenvalue weighted by molar-refractivity contribution is 5.81. The van der Waals surface area contributed by atoms with Crippen LogP contribution in [0, 0.1) is 0 Å². The summed E-state index contributed by atoms with van der Waals surface area (Å²) in [5.41, 5.74) is 2.30. The molecule has 0 aliphatic heterocycles. The van der Waals surface area contributed by atoms with Gasteiger partial charge in [0.1, 0.15) is 23.7 Å². The molecular formula is C20H20O4. The van der Waals surface area contributed by atoms with E-state index in [1.165, 1.54) is 0 Å². The molecule has 3 aromatic rings. The van der Waals surface area contributed by atoms with Crippen LogP contribution in [0.1, 0.15) is 24.5 Å². The van der Waals surface area contributed by atoms with E-state index in [1.807, 2.05) is 36.4 Å². The minimum Gasteiger partial charge on any atom is -0.497 e. The van der Waals surface area contributed by atoms with Gasteiger partial charge in [-0.15, -0.1) is 0 Å². The van der Waals surface area contributed by atoms with E-state index >= 15 is 0 Å². The zero-order chi connectivity index (χ0) is 16.9. The lowest BCUT2D eigenvalue weighted by Gasteiger charge is -2.09. The first-order valence-electron chi connectivity index (χ1n) is 8.02. The Bertz CT molecular complexity index is 878. The number of aryl methyl sites for hydroxylation is 1. The van der Waals surface area contributed by atoms with Crippen LogP contribution < -0.4 is 15.1 Å². The van der Waals surface area contributed by atoms with E-state index < -0.39 is 0 Å². The third-order valence-corrected chi connectivity index (χ3v) is 3.89. The van der Waals surface area contributed by atoms with Crippen molar-refractivity contribution in [1.29, 1.82) is 0 Å². The molecule has 0 spiro atoms. The number of methoxy groups -OCH3 is 1. The average Bonchev–Trinajstić information content (AvgIpc) is 2.60. The van der Waals surface area contributed by atoms with Crippen molar-refractivity contribution >= 4 is 11.0 Å². The van der Waals surface area contributed by atoms with Gasteiger partial charge in [0.15, 0.2) is 0 Å². The summed E-state index contributed by atoms with van der Waals surface area (Å²) in [6.45, 7) is 2.53. The van der Waals surface area contributed by atoms with Crippen LogP contribution >= 0.6 is 0 Å². The Labute approximate surface area is 140 Å². The highest BCUT2D eigenvalue weighted by Gasteiger charge is 2.07. The second kappa shape index (κ2) is 7.21. The molecule has 0 aliphatic carbocycles. The van der Waals surface area contributed by atoms with Gasteiger partial charge in [-0.25, -0.2) is 4.79 Å². The fraction of sp³-hybridized carbons (Fsp3) is 0.250. The summed E-state index contributed by atoms with van der Waals surface area (Å²) >= 11 is 0. The highest BCUT2D eigenvalue weighted by Crippen LogP contribution is 2.24. The molecular weight excluding hydrogens is 304 g/mol. The molecule has 0 atom stereocenters. The van der Waals surface area contributed by atoms with Crippen molar-refractivity contribution in [2.45, 2.75) is 26.4 Å². The monoisotopic (exact) mass is 324 g/mol. The van der Waals surface area contributed by atoms with Crippen molar-refractivity contribution in [3.05, 3.63) is 70.1 Å². The van der Waals surface area contributed by atoms with E-state index in [0.717, 1.165) is 35.1 Å². The largest absolute Gasteiger partial charge is 0.497 e. The van der Waals surface area contributed by atoms with E-state index in [1.54, 1.807) is 19.2 Å². The summed E-state index contributed by atoms with van der Waals surface area (Å²) in [6.07, 6.45) is 1.84. The second-order valence-electron chi connectivity index (χ2n) is 5.64.